The molecule has 0 fully saturated rings. The Hall–Kier alpha value is -1.51. The SMILES string of the molecule is Cc1cccc(C)c1C(N)=NO. The fraction of sp³-hybridized carbons (Fsp3) is 0.222. The highest BCUT2D eigenvalue weighted by atomic mass is 16.4. The predicted molar refractivity (Wildman–Crippen MR) is 48.4 cm³/mol. The van der Waals surface area contributed by atoms with E-state index in [1.54, 1.807) is 0 Å². The summed E-state index contributed by atoms with van der Waals surface area (Å²) in [7, 11) is 0. The van der Waals surface area contributed by atoms with Crippen LogP contribution < -0.4 is 5.73 Å². The number of oxime groups is 1. The van der Waals surface area contributed by atoms with Crippen molar-refractivity contribution in [1.82, 2.24) is 0 Å². The molecule has 0 spiro atoms. The maximum atomic E-state index is 8.50. The average Bonchev–Trinajstić information content (AvgIpc) is 2.03. The van der Waals surface area contributed by atoms with E-state index >= 15 is 0 Å². The van der Waals surface area contributed by atoms with E-state index in [9.17, 15) is 0 Å². The molecule has 0 radical (unpaired) electrons. The molecule has 3 nitrogen and oxygen atoms in total. The number of nitrogens with zero attached hydrogens (tertiary/aromatic N) is 1. The third-order valence-corrected chi connectivity index (χ3v) is 1.85. The molecule has 3 heteroatoms. The third-order valence-electron chi connectivity index (χ3n) is 1.85. The van der Waals surface area contributed by atoms with Gasteiger partial charge in [0.15, 0.2) is 5.84 Å². The van der Waals surface area contributed by atoms with Crippen molar-refractivity contribution in [3.05, 3.63) is 34.9 Å². The van der Waals surface area contributed by atoms with Crippen LogP contribution >= 0.6 is 0 Å². The summed E-state index contributed by atoms with van der Waals surface area (Å²) < 4.78 is 0. The summed E-state index contributed by atoms with van der Waals surface area (Å²) in [6.45, 7) is 3.86. The fourth-order valence-electron chi connectivity index (χ4n) is 1.27. The van der Waals surface area contributed by atoms with Crippen LogP contribution in [0.4, 0.5) is 0 Å². The number of hydrogen-bond donors (Lipinski definition) is 2. The van der Waals surface area contributed by atoms with Crippen molar-refractivity contribution in [3.63, 3.8) is 0 Å². The molecule has 0 bridgehead atoms. The summed E-state index contributed by atoms with van der Waals surface area (Å²) >= 11 is 0. The first-order valence-corrected chi connectivity index (χ1v) is 3.71. The molecule has 0 aliphatic rings. The van der Waals surface area contributed by atoms with Crippen LogP contribution in [0.3, 0.4) is 0 Å². The minimum atomic E-state index is 0.172. The number of hydrogen-bond acceptors (Lipinski definition) is 2. The summed E-state index contributed by atoms with van der Waals surface area (Å²) in [5, 5.41) is 11.5. The minimum absolute atomic E-state index is 0.172. The lowest BCUT2D eigenvalue weighted by Crippen LogP contribution is -2.16. The van der Waals surface area contributed by atoms with Gasteiger partial charge in [0.25, 0.3) is 0 Å². The van der Waals surface area contributed by atoms with Crippen molar-refractivity contribution in [2.45, 2.75) is 13.8 Å². The molecular weight excluding hydrogens is 152 g/mol. The first-order chi connectivity index (χ1) is 5.66. The monoisotopic (exact) mass is 164 g/mol. The summed E-state index contributed by atoms with van der Waals surface area (Å²) in [6.07, 6.45) is 0. The van der Waals surface area contributed by atoms with Gasteiger partial charge >= 0.3 is 0 Å². The lowest BCUT2D eigenvalue weighted by molar-refractivity contribution is 0.318. The van der Waals surface area contributed by atoms with Gasteiger partial charge in [-0.15, -0.1) is 0 Å². The first-order valence-electron chi connectivity index (χ1n) is 3.71. The van der Waals surface area contributed by atoms with Crippen molar-refractivity contribution >= 4 is 5.84 Å². The van der Waals surface area contributed by atoms with Gasteiger partial charge in [-0.3, -0.25) is 0 Å². The summed E-state index contributed by atoms with van der Waals surface area (Å²) in [4.78, 5) is 0. The second kappa shape index (κ2) is 3.26. The van der Waals surface area contributed by atoms with Gasteiger partial charge in [-0.2, -0.15) is 0 Å². The third kappa shape index (κ3) is 1.39. The summed E-state index contributed by atoms with van der Waals surface area (Å²) in [6, 6.07) is 5.81. The second-order valence-electron chi connectivity index (χ2n) is 2.75. The topological polar surface area (TPSA) is 58.6 Å². The van der Waals surface area contributed by atoms with E-state index in [1.165, 1.54) is 0 Å². The van der Waals surface area contributed by atoms with Gasteiger partial charge in [-0.1, -0.05) is 23.4 Å². The number of nitrogens with two attached hydrogens (primary N) is 1. The molecule has 3 N–H and O–H groups in total. The van der Waals surface area contributed by atoms with Crippen molar-refractivity contribution in [2.24, 2.45) is 10.9 Å². The van der Waals surface area contributed by atoms with E-state index < -0.39 is 0 Å². The molecule has 0 atom stereocenters. The van der Waals surface area contributed by atoms with Gasteiger partial charge in [0, 0.05) is 5.56 Å². The van der Waals surface area contributed by atoms with E-state index in [4.69, 9.17) is 10.9 Å². The van der Waals surface area contributed by atoms with Crippen LogP contribution in [0.2, 0.25) is 0 Å². The standard InChI is InChI=1S/C9H12N2O/c1-6-4-3-5-7(2)8(6)9(10)11-12/h3-5,12H,1-2H3,(H2,10,11). The van der Waals surface area contributed by atoms with Gasteiger partial charge < -0.3 is 10.9 Å². The Morgan fingerprint density at radius 3 is 2.25 bits per heavy atom. The highest BCUT2D eigenvalue weighted by Gasteiger charge is 2.05. The molecule has 0 amide bonds. The van der Waals surface area contributed by atoms with Crippen LogP contribution in [0.5, 0.6) is 0 Å². The van der Waals surface area contributed by atoms with E-state index in [1.807, 2.05) is 32.0 Å². The van der Waals surface area contributed by atoms with Crippen LogP contribution in [0.1, 0.15) is 16.7 Å². The Bertz CT molecular complexity index is 298. The zero-order valence-electron chi connectivity index (χ0n) is 7.20. The Balaban J connectivity index is 3.31. The Morgan fingerprint density at radius 2 is 1.83 bits per heavy atom. The molecule has 0 saturated heterocycles. The molecule has 12 heavy (non-hydrogen) atoms. The van der Waals surface area contributed by atoms with Gasteiger partial charge in [-0.05, 0) is 25.0 Å². The summed E-state index contributed by atoms with van der Waals surface area (Å²) in [5.41, 5.74) is 8.35. The molecule has 64 valence electrons. The second-order valence-corrected chi connectivity index (χ2v) is 2.75. The fourth-order valence-corrected chi connectivity index (χ4v) is 1.27. The van der Waals surface area contributed by atoms with Gasteiger partial charge in [0.2, 0.25) is 0 Å². The molecule has 0 heterocycles. The van der Waals surface area contributed by atoms with Crippen LogP contribution in [-0.2, 0) is 0 Å². The maximum absolute atomic E-state index is 8.50. The maximum Gasteiger partial charge on any atom is 0.170 e. The largest absolute Gasteiger partial charge is 0.409 e. The zero-order chi connectivity index (χ0) is 9.14. The molecule has 0 saturated carbocycles. The lowest BCUT2D eigenvalue weighted by Gasteiger charge is -2.06. The van der Waals surface area contributed by atoms with Crippen molar-refractivity contribution in [2.75, 3.05) is 0 Å². The Morgan fingerprint density at radius 1 is 1.33 bits per heavy atom. The molecule has 0 aliphatic heterocycles. The number of amidine groups is 1. The quantitative estimate of drug-likeness (QED) is 0.285. The van der Waals surface area contributed by atoms with E-state index in [-0.39, 0.29) is 5.84 Å². The molecule has 1 aromatic carbocycles. The van der Waals surface area contributed by atoms with E-state index in [0.29, 0.717) is 0 Å². The van der Waals surface area contributed by atoms with Gasteiger partial charge in [0.05, 0.1) is 0 Å². The first kappa shape index (κ1) is 8.59. The van der Waals surface area contributed by atoms with E-state index in [2.05, 4.69) is 5.16 Å². The lowest BCUT2D eigenvalue weighted by atomic mass is 10.0. The molecule has 1 aromatic rings. The van der Waals surface area contributed by atoms with Crippen LogP contribution in [-0.4, -0.2) is 11.0 Å². The highest BCUT2D eigenvalue weighted by molar-refractivity contribution is 5.99. The van der Waals surface area contributed by atoms with Crippen LogP contribution in [0.15, 0.2) is 23.4 Å². The molecule has 0 unspecified atom stereocenters. The highest BCUT2D eigenvalue weighted by Crippen LogP contribution is 2.12. The van der Waals surface area contributed by atoms with Crippen molar-refractivity contribution in [3.8, 4) is 0 Å². The Labute approximate surface area is 71.5 Å². The number of benzene rings is 1. The van der Waals surface area contributed by atoms with Crippen molar-refractivity contribution < 1.29 is 5.21 Å². The Kier molecular flexibility index (Phi) is 2.33. The van der Waals surface area contributed by atoms with Crippen LogP contribution in [0, 0.1) is 13.8 Å². The number of rotatable bonds is 1. The van der Waals surface area contributed by atoms with E-state index in [0.717, 1.165) is 16.7 Å². The minimum Gasteiger partial charge on any atom is -0.409 e. The predicted octanol–water partition coefficient (Wildman–Crippen LogP) is 1.40. The van der Waals surface area contributed by atoms with Gasteiger partial charge in [0.1, 0.15) is 0 Å². The van der Waals surface area contributed by atoms with Gasteiger partial charge in [-0.25, -0.2) is 0 Å². The number of aryl methyl sites for hydroxylation is 2. The molecule has 0 aromatic heterocycles. The summed E-state index contributed by atoms with van der Waals surface area (Å²) in [5.74, 6) is 0.172. The average molecular weight is 164 g/mol. The molecule has 0 aliphatic carbocycles. The van der Waals surface area contributed by atoms with Crippen LogP contribution in [0.25, 0.3) is 0 Å². The smallest absolute Gasteiger partial charge is 0.170 e. The molecular formula is C9H12N2O. The normalized spacial score (nSPS) is 11.7. The van der Waals surface area contributed by atoms with Crippen molar-refractivity contribution in [1.29, 1.82) is 0 Å². The zero-order valence-corrected chi connectivity index (χ0v) is 7.20. The molecule has 1 rings (SSSR count).